The number of benzene rings is 1. The lowest BCUT2D eigenvalue weighted by Gasteiger charge is -2.17. The molecule has 4 nitrogen and oxygen atoms in total. The molecular formula is C11H15B2O4. The molecule has 1 rings (SSSR count). The Bertz CT molecular complexity index is 424. The van der Waals surface area contributed by atoms with Crippen LogP contribution < -0.4 is 10.9 Å². The van der Waals surface area contributed by atoms with Crippen molar-refractivity contribution in [3.8, 4) is 0 Å². The molecule has 0 aliphatic carbocycles. The van der Waals surface area contributed by atoms with Gasteiger partial charge in [0.25, 0.3) is 0 Å². The minimum atomic E-state index is -1.67. The van der Waals surface area contributed by atoms with E-state index in [-0.39, 0.29) is 16.3 Å². The maximum atomic E-state index is 10.9. The van der Waals surface area contributed by atoms with Crippen LogP contribution in [0, 0.1) is 0 Å². The van der Waals surface area contributed by atoms with Crippen LogP contribution in [0.2, 0.25) is 5.31 Å². The van der Waals surface area contributed by atoms with E-state index in [9.17, 15) is 4.79 Å². The first kappa shape index (κ1) is 13.8. The maximum absolute atomic E-state index is 10.9. The van der Waals surface area contributed by atoms with Gasteiger partial charge in [-0.1, -0.05) is 43.7 Å². The molecular weight excluding hydrogens is 218 g/mol. The highest BCUT2D eigenvalue weighted by molar-refractivity contribution is 6.61. The molecule has 0 bridgehead atoms. The van der Waals surface area contributed by atoms with Gasteiger partial charge in [-0.25, -0.2) is 4.79 Å². The van der Waals surface area contributed by atoms with E-state index in [2.05, 4.69) is 0 Å². The number of carboxylic acid groups (broad SMARTS) is 1. The van der Waals surface area contributed by atoms with Gasteiger partial charge in [0.1, 0.15) is 0 Å². The molecule has 17 heavy (non-hydrogen) atoms. The summed E-state index contributed by atoms with van der Waals surface area (Å²) in [5.41, 5.74) is 0.895. The Kier molecular flexibility index (Phi) is 4.01. The van der Waals surface area contributed by atoms with Crippen LogP contribution in [0.15, 0.2) is 18.2 Å². The molecule has 0 aliphatic heterocycles. The molecule has 0 saturated heterocycles. The van der Waals surface area contributed by atoms with E-state index in [0.717, 1.165) is 0 Å². The molecule has 6 heteroatoms. The van der Waals surface area contributed by atoms with Crippen molar-refractivity contribution in [2.24, 2.45) is 0 Å². The molecule has 0 saturated carbocycles. The fourth-order valence-electron chi connectivity index (χ4n) is 1.53. The van der Waals surface area contributed by atoms with Crippen LogP contribution in [0.5, 0.6) is 0 Å². The van der Waals surface area contributed by atoms with Gasteiger partial charge in [0.2, 0.25) is 0 Å². The summed E-state index contributed by atoms with van der Waals surface area (Å²) < 4.78 is 0. The zero-order chi connectivity index (χ0) is 13.2. The van der Waals surface area contributed by atoms with E-state index in [1.54, 1.807) is 6.07 Å². The monoisotopic (exact) mass is 233 g/mol. The van der Waals surface area contributed by atoms with Crippen molar-refractivity contribution >= 4 is 31.3 Å². The Balaban J connectivity index is 3.17. The first-order valence-electron chi connectivity index (χ1n) is 5.29. The lowest BCUT2D eigenvalue weighted by molar-refractivity contribution is 0.0697. The standard InChI is InChI=1S/C11H15B2O4/c1-11(2,3)12-8-4-7(10(14)15)5-9(6-8)13(16)17/h4-6,16-17H,1-3H3,(H,14,15). The lowest BCUT2D eigenvalue weighted by Crippen LogP contribution is -2.36. The molecule has 1 radical (unpaired) electrons. The summed E-state index contributed by atoms with van der Waals surface area (Å²) in [4.78, 5) is 10.9. The van der Waals surface area contributed by atoms with Crippen molar-refractivity contribution in [1.82, 2.24) is 0 Å². The van der Waals surface area contributed by atoms with Gasteiger partial charge in [-0.2, -0.15) is 0 Å². The normalized spacial score (nSPS) is 11.1. The number of aromatic carboxylic acids is 1. The van der Waals surface area contributed by atoms with Crippen LogP contribution in [0.3, 0.4) is 0 Å². The smallest absolute Gasteiger partial charge is 0.478 e. The van der Waals surface area contributed by atoms with Crippen LogP contribution in [-0.2, 0) is 0 Å². The average Bonchev–Trinajstić information content (AvgIpc) is 2.14. The lowest BCUT2D eigenvalue weighted by atomic mass is 9.50. The summed E-state index contributed by atoms with van der Waals surface area (Å²) in [6.45, 7) is 5.94. The zero-order valence-corrected chi connectivity index (χ0v) is 10.1. The molecule has 1 aromatic carbocycles. The van der Waals surface area contributed by atoms with Crippen molar-refractivity contribution in [2.75, 3.05) is 0 Å². The van der Waals surface area contributed by atoms with E-state index in [4.69, 9.17) is 15.2 Å². The molecule has 0 atom stereocenters. The highest BCUT2D eigenvalue weighted by atomic mass is 16.4. The van der Waals surface area contributed by atoms with Gasteiger partial charge in [0, 0.05) is 0 Å². The minimum Gasteiger partial charge on any atom is -0.478 e. The summed E-state index contributed by atoms with van der Waals surface area (Å²) in [5, 5.41) is 27.0. The van der Waals surface area contributed by atoms with Gasteiger partial charge in [0.15, 0.2) is 7.28 Å². The first-order valence-corrected chi connectivity index (χ1v) is 5.29. The van der Waals surface area contributed by atoms with E-state index >= 15 is 0 Å². The number of hydrogen-bond acceptors (Lipinski definition) is 3. The van der Waals surface area contributed by atoms with Gasteiger partial charge in [0.05, 0.1) is 5.56 Å². The van der Waals surface area contributed by atoms with Gasteiger partial charge < -0.3 is 15.2 Å². The molecule has 3 N–H and O–H groups in total. The summed E-state index contributed by atoms with van der Waals surface area (Å²) >= 11 is 0. The SMILES string of the molecule is CC(C)(C)[B]c1cc(B(O)O)cc(C(=O)O)c1. The molecule has 0 unspecified atom stereocenters. The molecule has 89 valence electrons. The molecule has 0 heterocycles. The third-order valence-corrected chi connectivity index (χ3v) is 2.12. The summed E-state index contributed by atoms with van der Waals surface area (Å²) in [6.07, 6.45) is 0. The van der Waals surface area contributed by atoms with Crippen molar-refractivity contribution in [2.45, 2.75) is 26.1 Å². The largest absolute Gasteiger partial charge is 0.488 e. The van der Waals surface area contributed by atoms with Crippen LogP contribution in [-0.4, -0.2) is 35.5 Å². The second kappa shape index (κ2) is 4.94. The summed E-state index contributed by atoms with van der Waals surface area (Å²) in [5.74, 6) is -1.09. The Morgan fingerprint density at radius 1 is 1.24 bits per heavy atom. The van der Waals surface area contributed by atoms with Crippen LogP contribution in [0.4, 0.5) is 0 Å². The van der Waals surface area contributed by atoms with Gasteiger partial charge in [-0.3, -0.25) is 0 Å². The van der Waals surface area contributed by atoms with E-state index in [1.165, 1.54) is 12.1 Å². The van der Waals surface area contributed by atoms with Gasteiger partial charge in [-0.05, 0) is 11.5 Å². The van der Waals surface area contributed by atoms with Crippen molar-refractivity contribution in [3.05, 3.63) is 23.8 Å². The fourth-order valence-corrected chi connectivity index (χ4v) is 1.53. The Morgan fingerprint density at radius 2 is 1.82 bits per heavy atom. The Labute approximate surface area is 102 Å². The minimum absolute atomic E-state index is 0.0473. The molecule has 1 aromatic rings. The molecule has 0 spiro atoms. The van der Waals surface area contributed by atoms with Crippen LogP contribution in [0.1, 0.15) is 31.1 Å². The predicted molar refractivity (Wildman–Crippen MR) is 68.3 cm³/mol. The topological polar surface area (TPSA) is 77.8 Å². The van der Waals surface area contributed by atoms with E-state index in [0.29, 0.717) is 5.46 Å². The number of hydrogen-bond donors (Lipinski definition) is 3. The second-order valence-corrected chi connectivity index (χ2v) is 5.08. The fraction of sp³-hybridized carbons (Fsp3) is 0.364. The molecule has 0 amide bonds. The number of rotatable bonds is 3. The Morgan fingerprint density at radius 3 is 2.24 bits per heavy atom. The Hall–Kier alpha value is -1.26. The highest BCUT2D eigenvalue weighted by Gasteiger charge is 2.19. The second-order valence-electron chi connectivity index (χ2n) is 5.08. The quantitative estimate of drug-likeness (QED) is 0.621. The number of carboxylic acids is 1. The zero-order valence-electron chi connectivity index (χ0n) is 10.1. The average molecular weight is 233 g/mol. The van der Waals surface area contributed by atoms with Gasteiger partial charge in [-0.15, -0.1) is 0 Å². The first-order chi connectivity index (χ1) is 7.69. The predicted octanol–water partition coefficient (Wildman–Crippen LogP) is -0.387. The van der Waals surface area contributed by atoms with Crippen molar-refractivity contribution in [1.29, 1.82) is 0 Å². The van der Waals surface area contributed by atoms with Gasteiger partial charge >= 0.3 is 13.1 Å². The highest BCUT2D eigenvalue weighted by Crippen LogP contribution is 2.19. The maximum Gasteiger partial charge on any atom is 0.488 e. The van der Waals surface area contributed by atoms with Crippen molar-refractivity contribution < 1.29 is 19.9 Å². The third-order valence-electron chi connectivity index (χ3n) is 2.12. The molecule has 0 fully saturated rings. The van der Waals surface area contributed by atoms with E-state index < -0.39 is 13.1 Å². The van der Waals surface area contributed by atoms with Crippen LogP contribution in [0.25, 0.3) is 0 Å². The number of carbonyl (C=O) groups is 1. The van der Waals surface area contributed by atoms with E-state index in [1.807, 2.05) is 28.1 Å². The summed E-state index contributed by atoms with van der Waals surface area (Å²) in [7, 11) is 0.215. The van der Waals surface area contributed by atoms with Crippen molar-refractivity contribution in [3.63, 3.8) is 0 Å². The molecule has 0 aromatic heterocycles. The summed E-state index contributed by atoms with van der Waals surface area (Å²) in [6, 6.07) is 4.34. The molecule has 0 aliphatic rings. The third kappa shape index (κ3) is 4.24. The van der Waals surface area contributed by atoms with Crippen LogP contribution >= 0.6 is 0 Å².